The highest BCUT2D eigenvalue weighted by Gasteiger charge is 2.06. The molecule has 0 bridgehead atoms. The van der Waals surface area contributed by atoms with Gasteiger partial charge >= 0.3 is 0 Å². The lowest BCUT2D eigenvalue weighted by atomic mass is 10.2. The van der Waals surface area contributed by atoms with E-state index in [1.807, 2.05) is 0 Å². The first-order valence-electron chi connectivity index (χ1n) is 4.64. The van der Waals surface area contributed by atoms with E-state index in [-0.39, 0.29) is 0 Å². The Morgan fingerprint density at radius 2 is 1.92 bits per heavy atom. The van der Waals surface area contributed by atoms with Crippen molar-refractivity contribution in [3.05, 3.63) is 11.6 Å². The molecule has 0 aromatic rings. The maximum absolute atomic E-state index is 3.32. The fourth-order valence-corrected chi connectivity index (χ4v) is 1.35. The first-order chi connectivity index (χ1) is 5.45. The molecule has 0 saturated carbocycles. The van der Waals surface area contributed by atoms with E-state index in [2.05, 4.69) is 51.0 Å². The topological polar surface area (TPSA) is 0 Å². The number of hydrogen-bond donors (Lipinski definition) is 0. The van der Waals surface area contributed by atoms with Gasteiger partial charge in [0.15, 0.2) is 0 Å². The average molecular weight is 180 g/mol. The Hall–Kier alpha value is -0.483. The monoisotopic (exact) mass is 180 g/mol. The summed E-state index contributed by atoms with van der Waals surface area (Å²) in [5.74, 6) is 3.16. The largest absolute Gasteiger partial charge is 0.129 e. The van der Waals surface area contributed by atoms with Crippen LogP contribution in [-0.2, 0) is 0 Å². The van der Waals surface area contributed by atoms with Crippen molar-refractivity contribution in [2.75, 3.05) is 0 Å². The Kier molecular flexibility index (Phi) is 5.00. The van der Waals surface area contributed by atoms with Gasteiger partial charge in [0.25, 0.3) is 0 Å². The summed E-state index contributed by atoms with van der Waals surface area (Å²) >= 11 is 0. The van der Waals surface area contributed by atoms with Gasteiger partial charge in [0.05, 0.1) is 0 Å². The Bertz CT molecular complexity index is 207. The van der Waals surface area contributed by atoms with E-state index in [0.717, 1.165) is 0 Å². The molecular formula is C11H20Si. The second-order valence-corrected chi connectivity index (χ2v) is 9.01. The lowest BCUT2D eigenvalue weighted by molar-refractivity contribution is 0.906. The first kappa shape index (κ1) is 11.5. The van der Waals surface area contributed by atoms with Gasteiger partial charge in [-0.05, 0) is 19.4 Å². The molecule has 0 unspecified atom stereocenters. The maximum Gasteiger partial charge on any atom is 0.129 e. The lowest BCUT2D eigenvalue weighted by Crippen LogP contribution is -2.16. The van der Waals surface area contributed by atoms with Gasteiger partial charge in [0.1, 0.15) is 8.07 Å². The SMILES string of the molecule is CCC/C(C)=C\C#C[Si](C)(C)C. The average Bonchev–Trinajstić information content (AvgIpc) is 1.84. The van der Waals surface area contributed by atoms with Crippen LogP contribution in [0.4, 0.5) is 0 Å². The molecule has 0 aromatic heterocycles. The molecule has 1 heteroatoms. The van der Waals surface area contributed by atoms with Gasteiger partial charge in [-0.15, -0.1) is 5.54 Å². The molecular weight excluding hydrogens is 160 g/mol. The van der Waals surface area contributed by atoms with E-state index >= 15 is 0 Å². The minimum atomic E-state index is -1.15. The maximum atomic E-state index is 3.32. The van der Waals surface area contributed by atoms with E-state index in [9.17, 15) is 0 Å². The molecule has 0 rings (SSSR count). The van der Waals surface area contributed by atoms with Crippen molar-refractivity contribution >= 4 is 8.07 Å². The Morgan fingerprint density at radius 1 is 1.33 bits per heavy atom. The quantitative estimate of drug-likeness (QED) is 0.450. The van der Waals surface area contributed by atoms with E-state index in [0.29, 0.717) is 0 Å². The van der Waals surface area contributed by atoms with Crippen LogP contribution in [-0.4, -0.2) is 8.07 Å². The van der Waals surface area contributed by atoms with Crippen molar-refractivity contribution in [2.45, 2.75) is 46.3 Å². The van der Waals surface area contributed by atoms with E-state index in [4.69, 9.17) is 0 Å². The van der Waals surface area contributed by atoms with Crippen molar-refractivity contribution in [2.24, 2.45) is 0 Å². The highest BCUT2D eigenvalue weighted by atomic mass is 28.3. The van der Waals surface area contributed by atoms with Crippen LogP contribution in [0.25, 0.3) is 0 Å². The van der Waals surface area contributed by atoms with Crippen molar-refractivity contribution < 1.29 is 0 Å². The van der Waals surface area contributed by atoms with E-state index < -0.39 is 8.07 Å². The standard InChI is InChI=1S/C11H20Si/c1-6-8-11(2)9-7-10-12(3,4)5/h9H,6,8H2,1-5H3/b11-9-. The van der Waals surface area contributed by atoms with Crippen LogP contribution in [0.15, 0.2) is 11.6 Å². The third-order valence-electron chi connectivity index (χ3n) is 1.41. The highest BCUT2D eigenvalue weighted by molar-refractivity contribution is 6.83. The van der Waals surface area contributed by atoms with Crippen molar-refractivity contribution in [3.63, 3.8) is 0 Å². The van der Waals surface area contributed by atoms with Crippen LogP contribution in [0.5, 0.6) is 0 Å². The molecule has 0 aliphatic carbocycles. The molecule has 0 fully saturated rings. The van der Waals surface area contributed by atoms with Gasteiger partial charge in [-0.2, -0.15) is 0 Å². The number of rotatable bonds is 2. The predicted octanol–water partition coefficient (Wildman–Crippen LogP) is 3.61. The molecule has 0 nitrogen and oxygen atoms in total. The normalized spacial score (nSPS) is 12.2. The van der Waals surface area contributed by atoms with E-state index in [1.54, 1.807) is 0 Å². The van der Waals surface area contributed by atoms with Crippen molar-refractivity contribution in [1.82, 2.24) is 0 Å². The van der Waals surface area contributed by atoms with Crippen molar-refractivity contribution in [3.8, 4) is 11.5 Å². The van der Waals surface area contributed by atoms with Gasteiger partial charge in [-0.25, -0.2) is 0 Å². The molecule has 0 radical (unpaired) electrons. The lowest BCUT2D eigenvalue weighted by Gasteiger charge is -2.02. The van der Waals surface area contributed by atoms with Gasteiger partial charge in [0, 0.05) is 0 Å². The highest BCUT2D eigenvalue weighted by Crippen LogP contribution is 2.02. The number of hydrogen-bond acceptors (Lipinski definition) is 0. The Labute approximate surface area is 78.1 Å². The van der Waals surface area contributed by atoms with Crippen LogP contribution in [0, 0.1) is 11.5 Å². The van der Waals surface area contributed by atoms with Gasteiger partial charge in [0.2, 0.25) is 0 Å². The van der Waals surface area contributed by atoms with Crippen LogP contribution >= 0.6 is 0 Å². The summed E-state index contributed by atoms with van der Waals surface area (Å²) in [6.45, 7) is 11.2. The summed E-state index contributed by atoms with van der Waals surface area (Å²) in [6.07, 6.45) is 4.47. The fourth-order valence-electron chi connectivity index (χ4n) is 0.842. The fraction of sp³-hybridized carbons (Fsp3) is 0.636. The zero-order valence-electron chi connectivity index (χ0n) is 8.99. The molecule has 0 aromatic carbocycles. The third-order valence-corrected chi connectivity index (χ3v) is 2.30. The molecule has 0 saturated heterocycles. The third kappa shape index (κ3) is 7.62. The van der Waals surface area contributed by atoms with Gasteiger partial charge < -0.3 is 0 Å². The van der Waals surface area contributed by atoms with Gasteiger partial charge in [-0.1, -0.05) is 44.5 Å². The second-order valence-electron chi connectivity index (χ2n) is 4.26. The molecule has 0 aliphatic rings. The molecule has 68 valence electrons. The molecule has 0 heterocycles. The molecule has 0 amide bonds. The van der Waals surface area contributed by atoms with Crippen LogP contribution in [0.3, 0.4) is 0 Å². The minimum Gasteiger partial charge on any atom is -0.127 e. The summed E-state index contributed by atoms with van der Waals surface area (Å²) in [7, 11) is -1.15. The Morgan fingerprint density at radius 3 is 2.33 bits per heavy atom. The number of allylic oxidation sites excluding steroid dienone is 2. The Balaban J connectivity index is 4.08. The van der Waals surface area contributed by atoms with Gasteiger partial charge in [-0.3, -0.25) is 0 Å². The van der Waals surface area contributed by atoms with Crippen LogP contribution in [0.1, 0.15) is 26.7 Å². The van der Waals surface area contributed by atoms with Crippen LogP contribution in [0.2, 0.25) is 19.6 Å². The smallest absolute Gasteiger partial charge is 0.127 e. The van der Waals surface area contributed by atoms with Crippen LogP contribution < -0.4 is 0 Å². The zero-order chi connectivity index (χ0) is 9.61. The second kappa shape index (κ2) is 5.21. The molecule has 0 atom stereocenters. The molecule has 0 N–H and O–H groups in total. The minimum absolute atomic E-state index is 1.15. The van der Waals surface area contributed by atoms with Crippen molar-refractivity contribution in [1.29, 1.82) is 0 Å². The zero-order valence-corrected chi connectivity index (χ0v) is 9.99. The predicted molar refractivity (Wildman–Crippen MR) is 59.8 cm³/mol. The first-order valence-corrected chi connectivity index (χ1v) is 8.14. The summed E-state index contributed by atoms with van der Waals surface area (Å²) < 4.78 is 0. The molecule has 0 spiro atoms. The summed E-state index contributed by atoms with van der Waals surface area (Å²) in [5, 5.41) is 0. The summed E-state index contributed by atoms with van der Waals surface area (Å²) in [6, 6.07) is 0. The molecule has 12 heavy (non-hydrogen) atoms. The van der Waals surface area contributed by atoms with E-state index in [1.165, 1.54) is 18.4 Å². The summed E-state index contributed by atoms with van der Waals surface area (Å²) in [5.41, 5.74) is 4.73. The summed E-state index contributed by atoms with van der Waals surface area (Å²) in [4.78, 5) is 0. The molecule has 0 aliphatic heterocycles.